The maximum absolute atomic E-state index is 13.0. The Balaban J connectivity index is 1.69. The summed E-state index contributed by atoms with van der Waals surface area (Å²) in [5, 5.41) is 13.6. The molecule has 0 saturated carbocycles. The number of rotatable bonds is 6. The Labute approximate surface area is 189 Å². The van der Waals surface area contributed by atoms with Crippen LogP contribution in [-0.2, 0) is 16.4 Å². The fourth-order valence-corrected chi connectivity index (χ4v) is 4.80. The highest BCUT2D eigenvalue weighted by molar-refractivity contribution is 7.91. The number of aromatic amines is 1. The predicted octanol–water partition coefficient (Wildman–Crippen LogP) is 3.01. The summed E-state index contributed by atoms with van der Waals surface area (Å²) in [7, 11) is -2.87. The predicted molar refractivity (Wildman–Crippen MR) is 122 cm³/mol. The molecule has 8 nitrogen and oxygen atoms in total. The standard InChI is InChI=1S/C24H20N2O6S/c1-32-17-8-10-18(11-9-17)33(30,31)22-21(27)19-12-7-16(13-20(19)26-24(22)29)23(28)25-14-15-5-3-2-4-6-15/h2-13H,14H2,1H3,(H,25,28)(H2,26,27,29). The Morgan fingerprint density at radius 2 is 1.73 bits per heavy atom. The summed E-state index contributed by atoms with van der Waals surface area (Å²) < 4.78 is 31.1. The summed E-state index contributed by atoms with van der Waals surface area (Å²) >= 11 is 0. The maximum atomic E-state index is 13.0. The van der Waals surface area contributed by atoms with E-state index in [1.54, 1.807) is 0 Å². The van der Waals surface area contributed by atoms with Gasteiger partial charge in [-0.05, 0) is 48.0 Å². The van der Waals surface area contributed by atoms with Gasteiger partial charge in [0.2, 0.25) is 9.84 Å². The average Bonchev–Trinajstić information content (AvgIpc) is 2.82. The Kier molecular flexibility index (Phi) is 5.89. The van der Waals surface area contributed by atoms with Crippen LogP contribution >= 0.6 is 0 Å². The van der Waals surface area contributed by atoms with Gasteiger partial charge >= 0.3 is 0 Å². The van der Waals surface area contributed by atoms with Crippen LogP contribution in [0.5, 0.6) is 11.5 Å². The first-order valence-corrected chi connectivity index (χ1v) is 11.4. The number of amides is 1. The van der Waals surface area contributed by atoms with Crippen molar-refractivity contribution in [1.29, 1.82) is 0 Å². The van der Waals surface area contributed by atoms with Gasteiger partial charge in [0.1, 0.15) is 11.5 Å². The molecule has 33 heavy (non-hydrogen) atoms. The molecule has 1 aromatic heterocycles. The third-order valence-electron chi connectivity index (χ3n) is 5.14. The summed E-state index contributed by atoms with van der Waals surface area (Å²) in [5.74, 6) is -0.611. The molecule has 0 fully saturated rings. The minimum absolute atomic E-state index is 0.0984. The number of aromatic nitrogens is 1. The van der Waals surface area contributed by atoms with Crippen LogP contribution in [0.3, 0.4) is 0 Å². The molecule has 0 atom stereocenters. The number of fused-ring (bicyclic) bond motifs is 1. The van der Waals surface area contributed by atoms with Gasteiger partial charge in [0.25, 0.3) is 11.5 Å². The van der Waals surface area contributed by atoms with Crippen molar-refractivity contribution in [3.8, 4) is 11.5 Å². The van der Waals surface area contributed by atoms with Crippen molar-refractivity contribution in [1.82, 2.24) is 10.3 Å². The Morgan fingerprint density at radius 3 is 2.39 bits per heavy atom. The van der Waals surface area contributed by atoms with Crippen molar-refractivity contribution in [2.24, 2.45) is 0 Å². The molecule has 0 saturated heterocycles. The summed E-state index contributed by atoms with van der Waals surface area (Å²) in [6.45, 7) is 0.318. The van der Waals surface area contributed by atoms with Crippen LogP contribution in [0.2, 0.25) is 0 Å². The molecule has 3 N–H and O–H groups in total. The van der Waals surface area contributed by atoms with Crippen LogP contribution < -0.4 is 15.6 Å². The molecule has 0 radical (unpaired) electrons. The maximum Gasteiger partial charge on any atom is 0.271 e. The molecule has 0 spiro atoms. The number of hydrogen-bond donors (Lipinski definition) is 3. The number of ether oxygens (including phenoxy) is 1. The molecule has 1 heterocycles. The van der Waals surface area contributed by atoms with Crippen LogP contribution in [0.1, 0.15) is 15.9 Å². The van der Waals surface area contributed by atoms with E-state index >= 15 is 0 Å². The van der Waals surface area contributed by atoms with E-state index in [1.807, 2.05) is 30.3 Å². The lowest BCUT2D eigenvalue weighted by atomic mass is 10.1. The summed E-state index contributed by atoms with van der Waals surface area (Å²) in [6, 6.07) is 19.1. The highest BCUT2D eigenvalue weighted by Crippen LogP contribution is 2.32. The van der Waals surface area contributed by atoms with Crippen LogP contribution in [0, 0.1) is 0 Å². The van der Waals surface area contributed by atoms with E-state index in [-0.39, 0.29) is 27.3 Å². The van der Waals surface area contributed by atoms with Crippen LogP contribution in [0.4, 0.5) is 0 Å². The van der Waals surface area contributed by atoms with Gasteiger partial charge in [-0.2, -0.15) is 0 Å². The first-order valence-electron chi connectivity index (χ1n) is 9.91. The van der Waals surface area contributed by atoms with E-state index in [4.69, 9.17) is 4.74 Å². The van der Waals surface area contributed by atoms with Crippen molar-refractivity contribution in [2.75, 3.05) is 7.11 Å². The number of methoxy groups -OCH3 is 1. The lowest BCUT2D eigenvalue weighted by Crippen LogP contribution is -2.23. The third-order valence-corrected chi connectivity index (χ3v) is 6.95. The van der Waals surface area contributed by atoms with Crippen molar-refractivity contribution >= 4 is 26.6 Å². The van der Waals surface area contributed by atoms with Gasteiger partial charge in [-0.3, -0.25) is 9.59 Å². The second kappa shape index (κ2) is 8.79. The summed E-state index contributed by atoms with van der Waals surface area (Å²) in [6.07, 6.45) is 0. The SMILES string of the molecule is COc1ccc(S(=O)(=O)c2c(O)c3ccc(C(=O)NCc4ccccc4)cc3[nH]c2=O)cc1. The average molecular weight is 464 g/mol. The highest BCUT2D eigenvalue weighted by Gasteiger charge is 2.27. The van der Waals surface area contributed by atoms with Crippen molar-refractivity contribution in [3.05, 3.63) is 94.3 Å². The van der Waals surface area contributed by atoms with E-state index in [2.05, 4.69) is 10.3 Å². The minimum Gasteiger partial charge on any atom is -0.506 e. The first kappa shape index (κ1) is 22.1. The summed E-state index contributed by atoms with van der Waals surface area (Å²) in [5.41, 5.74) is 0.321. The van der Waals surface area contributed by atoms with Gasteiger partial charge in [-0.1, -0.05) is 30.3 Å². The van der Waals surface area contributed by atoms with Crippen LogP contribution in [0.15, 0.2) is 87.4 Å². The number of aromatic hydroxyl groups is 1. The molecule has 0 bridgehead atoms. The Morgan fingerprint density at radius 1 is 1.03 bits per heavy atom. The fourth-order valence-electron chi connectivity index (χ4n) is 3.41. The third kappa shape index (κ3) is 4.31. The fraction of sp³-hybridized carbons (Fsp3) is 0.0833. The monoisotopic (exact) mass is 464 g/mol. The molecular weight excluding hydrogens is 444 g/mol. The minimum atomic E-state index is -4.31. The van der Waals surface area contributed by atoms with Gasteiger partial charge in [-0.25, -0.2) is 8.42 Å². The van der Waals surface area contributed by atoms with Gasteiger partial charge in [-0.15, -0.1) is 0 Å². The van der Waals surface area contributed by atoms with E-state index in [9.17, 15) is 23.1 Å². The zero-order chi connectivity index (χ0) is 23.6. The van der Waals surface area contributed by atoms with Crippen molar-refractivity contribution in [3.63, 3.8) is 0 Å². The number of hydrogen-bond acceptors (Lipinski definition) is 6. The number of carbonyl (C=O) groups excluding carboxylic acids is 1. The molecule has 0 aliphatic rings. The summed E-state index contributed by atoms with van der Waals surface area (Å²) in [4.78, 5) is 26.7. The second-order valence-electron chi connectivity index (χ2n) is 7.24. The molecule has 168 valence electrons. The highest BCUT2D eigenvalue weighted by atomic mass is 32.2. The molecule has 0 aliphatic heterocycles. The van der Waals surface area contributed by atoms with E-state index in [0.29, 0.717) is 12.3 Å². The topological polar surface area (TPSA) is 126 Å². The number of sulfone groups is 1. The quantitative estimate of drug-likeness (QED) is 0.403. The molecule has 1 amide bonds. The number of nitrogens with one attached hydrogen (secondary N) is 2. The number of H-pyrrole nitrogens is 1. The van der Waals surface area contributed by atoms with E-state index < -0.39 is 26.0 Å². The van der Waals surface area contributed by atoms with Crippen molar-refractivity contribution < 1.29 is 23.1 Å². The van der Waals surface area contributed by atoms with Gasteiger partial charge in [0.15, 0.2) is 4.90 Å². The van der Waals surface area contributed by atoms with Gasteiger partial charge < -0.3 is 20.1 Å². The van der Waals surface area contributed by atoms with Crippen LogP contribution in [0.25, 0.3) is 10.9 Å². The number of carbonyl (C=O) groups is 1. The first-order chi connectivity index (χ1) is 15.8. The largest absolute Gasteiger partial charge is 0.506 e. The van der Waals surface area contributed by atoms with Gasteiger partial charge in [0, 0.05) is 17.5 Å². The second-order valence-corrected chi connectivity index (χ2v) is 9.13. The van der Waals surface area contributed by atoms with Crippen molar-refractivity contribution in [2.45, 2.75) is 16.3 Å². The Bertz CT molecular complexity index is 1490. The number of benzene rings is 3. The molecular formula is C24H20N2O6S. The number of pyridine rings is 1. The molecule has 3 aromatic carbocycles. The van der Waals surface area contributed by atoms with Crippen LogP contribution in [-0.4, -0.2) is 31.5 Å². The lowest BCUT2D eigenvalue weighted by Gasteiger charge is -2.11. The molecule has 9 heteroatoms. The molecule has 0 aliphatic carbocycles. The van der Waals surface area contributed by atoms with Gasteiger partial charge in [0.05, 0.1) is 17.5 Å². The zero-order valence-electron chi connectivity index (χ0n) is 17.5. The Hall–Kier alpha value is -4.11. The molecule has 0 unspecified atom stereocenters. The normalized spacial score (nSPS) is 11.3. The lowest BCUT2D eigenvalue weighted by molar-refractivity contribution is 0.0951. The molecule has 4 rings (SSSR count). The molecule has 4 aromatic rings. The smallest absolute Gasteiger partial charge is 0.271 e. The zero-order valence-corrected chi connectivity index (χ0v) is 18.3. The van der Waals surface area contributed by atoms with E-state index in [1.165, 1.54) is 49.6 Å². The van der Waals surface area contributed by atoms with E-state index in [0.717, 1.165) is 5.56 Å².